The highest BCUT2D eigenvalue weighted by molar-refractivity contribution is 5.80. The molecule has 5 heteroatoms. The van der Waals surface area contributed by atoms with Crippen LogP contribution in [0.3, 0.4) is 0 Å². The molecule has 5 nitrogen and oxygen atoms in total. The average Bonchev–Trinajstić information content (AvgIpc) is 3.10. The normalized spacial score (nSPS) is 21.3. The molecule has 25 heavy (non-hydrogen) atoms. The highest BCUT2D eigenvalue weighted by Gasteiger charge is 2.72. The minimum atomic E-state index is -1.11. The van der Waals surface area contributed by atoms with Crippen molar-refractivity contribution in [3.05, 3.63) is 78.1 Å². The van der Waals surface area contributed by atoms with Crippen LogP contribution in [0, 0.1) is 0 Å². The van der Waals surface area contributed by atoms with E-state index in [1.807, 2.05) is 88.3 Å². The summed E-state index contributed by atoms with van der Waals surface area (Å²) < 4.78 is 16.7. The van der Waals surface area contributed by atoms with Gasteiger partial charge in [0.15, 0.2) is 0 Å². The predicted molar refractivity (Wildman–Crippen MR) is 91.3 cm³/mol. The van der Waals surface area contributed by atoms with Crippen molar-refractivity contribution in [2.75, 3.05) is 0 Å². The molecule has 3 aliphatic rings. The van der Waals surface area contributed by atoms with Gasteiger partial charge in [-0.3, -0.25) is 0 Å². The maximum absolute atomic E-state index is 6.37. The summed E-state index contributed by atoms with van der Waals surface area (Å²) in [7, 11) is 0. The van der Waals surface area contributed by atoms with E-state index < -0.39 is 6.03 Å². The molecule has 118 valence electrons. The van der Waals surface area contributed by atoms with Gasteiger partial charge in [-0.25, -0.2) is 4.98 Å². The summed E-state index contributed by atoms with van der Waals surface area (Å²) >= 11 is 0. The molecule has 0 unspecified atom stereocenters. The minimum absolute atomic E-state index is 0.778. The standard InChI is InChI=1S/C20H13N3O2/c1-3-10-18-16(8-1)22-12-14-6-5-7-15(21-14)13-23-17-9-2-4-11-19(17)25-20(22,23)24-18/h1-13H/q+2. The van der Waals surface area contributed by atoms with E-state index >= 15 is 0 Å². The molecule has 1 spiro atoms. The molecule has 1 aromatic heterocycles. The number of pyridine rings is 1. The van der Waals surface area contributed by atoms with Crippen LogP contribution in [0.5, 0.6) is 11.5 Å². The quantitative estimate of drug-likeness (QED) is 0.596. The number of para-hydroxylation sites is 4. The lowest BCUT2D eigenvalue weighted by atomic mass is 10.2. The van der Waals surface area contributed by atoms with E-state index in [-0.39, 0.29) is 0 Å². The molecule has 0 aliphatic carbocycles. The molecule has 3 aromatic rings. The molecule has 2 aromatic carbocycles. The average molecular weight is 327 g/mol. The summed E-state index contributed by atoms with van der Waals surface area (Å²) in [6.45, 7) is 0. The zero-order valence-electron chi connectivity index (χ0n) is 13.2. The van der Waals surface area contributed by atoms with Crippen molar-refractivity contribution in [3.8, 4) is 11.5 Å². The van der Waals surface area contributed by atoms with Gasteiger partial charge in [0.25, 0.3) is 11.4 Å². The Labute approximate surface area is 143 Å². The first kappa shape index (κ1) is 12.9. The third-order valence-corrected chi connectivity index (χ3v) is 4.66. The topological polar surface area (TPSA) is 37.4 Å². The lowest BCUT2D eigenvalue weighted by Crippen LogP contribution is -2.53. The number of nitrogens with zero attached hydrogens (tertiary/aromatic N) is 3. The first-order chi connectivity index (χ1) is 12.3. The fourth-order valence-electron chi connectivity index (χ4n) is 3.59. The number of aromatic nitrogens is 1. The molecule has 4 heterocycles. The van der Waals surface area contributed by atoms with Crippen molar-refractivity contribution in [1.82, 2.24) is 4.98 Å². The van der Waals surface area contributed by atoms with Crippen LogP contribution in [0.25, 0.3) is 0 Å². The smallest absolute Gasteiger partial charge is 0.334 e. The molecule has 0 atom stereocenters. The molecule has 0 saturated heterocycles. The fraction of sp³-hybridized carbons (Fsp3) is 0.0500. The summed E-state index contributed by atoms with van der Waals surface area (Å²) in [5.74, 6) is 1.56. The molecule has 0 N–H and O–H groups in total. The Bertz CT molecular complexity index is 1030. The van der Waals surface area contributed by atoms with Crippen LogP contribution in [0.4, 0.5) is 11.4 Å². The van der Waals surface area contributed by atoms with Gasteiger partial charge in [-0.1, -0.05) is 30.3 Å². The Morgan fingerprint density at radius 3 is 1.72 bits per heavy atom. The Morgan fingerprint density at radius 2 is 1.16 bits per heavy atom. The monoisotopic (exact) mass is 327 g/mol. The van der Waals surface area contributed by atoms with Crippen molar-refractivity contribution >= 4 is 23.8 Å². The van der Waals surface area contributed by atoms with Crippen LogP contribution in [0.1, 0.15) is 11.4 Å². The number of ether oxygens (including phenoxy) is 2. The Balaban J connectivity index is 1.73. The Morgan fingerprint density at radius 1 is 0.640 bits per heavy atom. The van der Waals surface area contributed by atoms with Crippen molar-refractivity contribution in [1.29, 1.82) is 0 Å². The van der Waals surface area contributed by atoms with Crippen LogP contribution < -0.4 is 9.47 Å². The van der Waals surface area contributed by atoms with Gasteiger partial charge in [0, 0.05) is 12.1 Å². The van der Waals surface area contributed by atoms with Crippen molar-refractivity contribution in [2.24, 2.45) is 0 Å². The van der Waals surface area contributed by atoms with Gasteiger partial charge in [-0.05, 0) is 33.4 Å². The fourth-order valence-corrected chi connectivity index (χ4v) is 3.59. The number of rotatable bonds is 0. The van der Waals surface area contributed by atoms with Gasteiger partial charge in [-0.15, -0.1) is 0 Å². The minimum Gasteiger partial charge on any atom is -0.334 e. The maximum atomic E-state index is 6.37. The molecular formula is C20H13N3O2+2. The van der Waals surface area contributed by atoms with Crippen LogP contribution in [-0.4, -0.2) is 32.6 Å². The van der Waals surface area contributed by atoms with E-state index in [2.05, 4.69) is 0 Å². The predicted octanol–water partition coefficient (Wildman–Crippen LogP) is 3.02. The van der Waals surface area contributed by atoms with Crippen LogP contribution >= 0.6 is 0 Å². The summed E-state index contributed by atoms with van der Waals surface area (Å²) in [4.78, 5) is 4.69. The summed E-state index contributed by atoms with van der Waals surface area (Å²) in [6, 6.07) is 20.7. The van der Waals surface area contributed by atoms with Gasteiger partial charge in [0.05, 0.1) is 0 Å². The van der Waals surface area contributed by atoms with E-state index in [9.17, 15) is 0 Å². The summed E-state index contributed by atoms with van der Waals surface area (Å²) in [5.41, 5.74) is 3.60. The van der Waals surface area contributed by atoms with E-state index in [1.54, 1.807) is 0 Å². The summed E-state index contributed by atoms with van der Waals surface area (Å²) in [6.07, 6.45) is 3.95. The highest BCUT2D eigenvalue weighted by Crippen LogP contribution is 2.49. The zero-order valence-corrected chi connectivity index (χ0v) is 13.2. The number of benzene rings is 2. The van der Waals surface area contributed by atoms with Crippen molar-refractivity contribution < 1.29 is 18.6 Å². The van der Waals surface area contributed by atoms with Gasteiger partial charge in [0.1, 0.15) is 11.4 Å². The van der Waals surface area contributed by atoms with Gasteiger partial charge in [-0.2, -0.15) is 0 Å². The molecule has 6 rings (SSSR count). The van der Waals surface area contributed by atoms with E-state index in [0.717, 1.165) is 34.3 Å². The molecular weight excluding hydrogens is 314 g/mol. The second kappa shape index (κ2) is 4.33. The van der Waals surface area contributed by atoms with Crippen LogP contribution in [0.2, 0.25) is 0 Å². The summed E-state index contributed by atoms with van der Waals surface area (Å²) in [5, 5.41) is 0. The van der Waals surface area contributed by atoms with Gasteiger partial charge < -0.3 is 9.47 Å². The van der Waals surface area contributed by atoms with Crippen LogP contribution in [-0.2, 0) is 0 Å². The number of hydrogen-bond acceptors (Lipinski definition) is 3. The van der Waals surface area contributed by atoms with E-state index in [4.69, 9.17) is 14.5 Å². The highest BCUT2D eigenvalue weighted by atomic mass is 16.8. The zero-order chi connectivity index (χ0) is 16.4. The number of hydrogen-bond donors (Lipinski definition) is 0. The Hall–Kier alpha value is -3.47. The Kier molecular flexibility index (Phi) is 2.23. The molecule has 0 fully saturated rings. The third kappa shape index (κ3) is 1.59. The van der Waals surface area contributed by atoms with Gasteiger partial charge in [0.2, 0.25) is 23.9 Å². The molecule has 0 amide bonds. The van der Waals surface area contributed by atoms with Crippen LogP contribution in [0.15, 0.2) is 66.7 Å². The van der Waals surface area contributed by atoms with E-state index in [1.165, 1.54) is 0 Å². The SMILES string of the molecule is C1=[N+]2c3ccccc3OC23Oc2ccccc2[N+]3=Cc2cccc1n2. The first-order valence-electron chi connectivity index (χ1n) is 8.15. The lowest BCUT2D eigenvalue weighted by molar-refractivity contribution is -0.830. The molecule has 0 saturated carbocycles. The first-order valence-corrected chi connectivity index (χ1v) is 8.15. The van der Waals surface area contributed by atoms with Crippen molar-refractivity contribution in [2.45, 2.75) is 6.03 Å². The second-order valence-electron chi connectivity index (χ2n) is 6.17. The molecule has 3 aliphatic heterocycles. The number of fused-ring (bicyclic) bond motifs is 6. The second-order valence-corrected chi connectivity index (χ2v) is 6.17. The largest absolute Gasteiger partial charge is 0.715 e. The maximum Gasteiger partial charge on any atom is 0.715 e. The molecule has 2 bridgehead atoms. The van der Waals surface area contributed by atoms with Crippen molar-refractivity contribution in [3.63, 3.8) is 0 Å². The third-order valence-electron chi connectivity index (χ3n) is 4.66. The lowest BCUT2D eigenvalue weighted by Gasteiger charge is -2.13. The van der Waals surface area contributed by atoms with E-state index in [0.29, 0.717) is 0 Å². The molecule has 0 radical (unpaired) electrons. The van der Waals surface area contributed by atoms with Gasteiger partial charge >= 0.3 is 6.03 Å².